The Labute approximate surface area is 220 Å². The number of nitrogens with one attached hydrogen (secondary N) is 1. The Kier molecular flexibility index (Phi) is 7.80. The molecule has 1 amide bonds. The topological polar surface area (TPSA) is 50.8 Å². The maximum absolute atomic E-state index is 14.7. The molecule has 0 aromatic heterocycles. The Morgan fingerprint density at radius 2 is 1.62 bits per heavy atom. The van der Waals surface area contributed by atoms with E-state index in [0.29, 0.717) is 6.54 Å². The molecule has 1 saturated heterocycles. The van der Waals surface area contributed by atoms with E-state index >= 15 is 0 Å². The molecule has 37 heavy (non-hydrogen) atoms. The van der Waals surface area contributed by atoms with Crippen molar-refractivity contribution in [2.45, 2.75) is 51.5 Å². The molecule has 1 heterocycles. The number of hydrogen-bond acceptors (Lipinski definition) is 4. The molecule has 1 aliphatic heterocycles. The third-order valence-electron chi connectivity index (χ3n) is 8.01. The molecular weight excluding hydrogens is 460 g/mol. The number of carbonyl (C=O) groups is 1. The molecule has 3 aromatic rings. The van der Waals surface area contributed by atoms with Crippen LogP contribution in [0.1, 0.15) is 53.0 Å². The summed E-state index contributed by atoms with van der Waals surface area (Å²) < 4.78 is 11.6. The summed E-state index contributed by atoms with van der Waals surface area (Å²) in [5.74, 6) is 1.71. The summed E-state index contributed by atoms with van der Waals surface area (Å²) in [5, 5.41) is 3.47. The van der Waals surface area contributed by atoms with Crippen LogP contribution in [0.4, 0.5) is 5.69 Å². The smallest absolute Gasteiger partial charge is 0.235 e. The lowest BCUT2D eigenvalue weighted by atomic mass is 9.79. The lowest BCUT2D eigenvalue weighted by Gasteiger charge is -2.35. The first-order valence-corrected chi connectivity index (χ1v) is 13.5. The predicted molar refractivity (Wildman–Crippen MR) is 149 cm³/mol. The number of benzene rings is 3. The van der Waals surface area contributed by atoms with Crippen LogP contribution in [0.15, 0.2) is 60.7 Å². The molecule has 3 aromatic carbocycles. The first-order chi connectivity index (χ1) is 18.1. The highest BCUT2D eigenvalue weighted by atomic mass is 16.5. The number of amides is 1. The normalized spacial score (nSPS) is 16.2. The third kappa shape index (κ3) is 5.37. The summed E-state index contributed by atoms with van der Waals surface area (Å²) in [6, 6.07) is 20.9. The average Bonchev–Trinajstić information content (AvgIpc) is 3.41. The summed E-state index contributed by atoms with van der Waals surface area (Å²) in [5.41, 5.74) is 6.75. The predicted octanol–water partition coefficient (Wildman–Crippen LogP) is 5.82. The van der Waals surface area contributed by atoms with Crippen LogP contribution in [0.2, 0.25) is 0 Å². The average molecular weight is 499 g/mol. The largest absolute Gasteiger partial charge is 0.496 e. The van der Waals surface area contributed by atoms with E-state index in [1.165, 1.54) is 17.5 Å². The van der Waals surface area contributed by atoms with Gasteiger partial charge in [-0.2, -0.15) is 0 Å². The minimum Gasteiger partial charge on any atom is -0.496 e. The second-order valence-electron chi connectivity index (χ2n) is 10.4. The first-order valence-electron chi connectivity index (χ1n) is 13.5. The zero-order chi connectivity index (χ0) is 25.8. The van der Waals surface area contributed by atoms with Gasteiger partial charge >= 0.3 is 0 Å². The van der Waals surface area contributed by atoms with Crippen LogP contribution in [-0.4, -0.2) is 33.2 Å². The lowest BCUT2D eigenvalue weighted by molar-refractivity contribution is -0.121. The Morgan fingerprint density at radius 3 is 2.30 bits per heavy atom. The van der Waals surface area contributed by atoms with Crippen LogP contribution in [0.3, 0.4) is 0 Å². The second kappa shape index (κ2) is 11.4. The highest BCUT2D eigenvalue weighted by Gasteiger charge is 2.35. The minimum atomic E-state index is -0.209. The summed E-state index contributed by atoms with van der Waals surface area (Å²) in [7, 11) is 3.36. The molecule has 5 rings (SSSR count). The van der Waals surface area contributed by atoms with Gasteiger partial charge in [-0.1, -0.05) is 36.4 Å². The summed E-state index contributed by atoms with van der Waals surface area (Å²) >= 11 is 0. The number of hydrogen-bond donors (Lipinski definition) is 1. The van der Waals surface area contributed by atoms with Gasteiger partial charge in [-0.05, 0) is 105 Å². The van der Waals surface area contributed by atoms with Gasteiger partial charge in [0, 0.05) is 5.69 Å². The molecule has 2 aliphatic rings. The number of rotatable bonds is 8. The molecule has 194 valence electrons. The van der Waals surface area contributed by atoms with E-state index in [1.807, 2.05) is 42.2 Å². The summed E-state index contributed by atoms with van der Waals surface area (Å²) in [6.07, 6.45) is 5.33. The number of ether oxygens (including phenoxy) is 2. The summed E-state index contributed by atoms with van der Waals surface area (Å²) in [6.45, 7) is 4.30. The van der Waals surface area contributed by atoms with Crippen LogP contribution in [0, 0.1) is 12.8 Å². The third-order valence-corrected chi connectivity index (χ3v) is 8.01. The van der Waals surface area contributed by atoms with Gasteiger partial charge in [0.25, 0.3) is 0 Å². The van der Waals surface area contributed by atoms with Crippen LogP contribution < -0.4 is 19.7 Å². The molecule has 0 spiro atoms. The van der Waals surface area contributed by atoms with Crippen LogP contribution in [-0.2, 0) is 24.2 Å². The van der Waals surface area contributed by atoms with E-state index in [4.69, 9.17) is 9.47 Å². The Morgan fingerprint density at radius 1 is 0.946 bits per heavy atom. The Hall–Kier alpha value is -3.31. The number of aryl methyl sites for hydroxylation is 3. The number of piperidine rings is 1. The Balaban J connectivity index is 1.61. The van der Waals surface area contributed by atoms with Gasteiger partial charge in [0.05, 0.1) is 32.2 Å². The number of fused-ring (bicyclic) bond motifs is 1. The van der Waals surface area contributed by atoms with Crippen molar-refractivity contribution in [2.24, 2.45) is 5.92 Å². The van der Waals surface area contributed by atoms with Crippen molar-refractivity contribution in [2.75, 3.05) is 32.2 Å². The van der Waals surface area contributed by atoms with E-state index in [1.54, 1.807) is 14.2 Å². The van der Waals surface area contributed by atoms with Gasteiger partial charge in [0.15, 0.2) is 0 Å². The van der Waals surface area contributed by atoms with Crippen molar-refractivity contribution in [3.05, 3.63) is 88.5 Å². The van der Waals surface area contributed by atoms with Crippen molar-refractivity contribution in [3.8, 4) is 11.5 Å². The molecule has 0 bridgehead atoms. The maximum Gasteiger partial charge on any atom is 0.235 e. The van der Waals surface area contributed by atoms with E-state index < -0.39 is 0 Å². The lowest BCUT2D eigenvalue weighted by Crippen LogP contribution is -2.41. The Bertz CT molecular complexity index is 1210. The molecule has 0 saturated carbocycles. The van der Waals surface area contributed by atoms with E-state index in [-0.39, 0.29) is 17.7 Å². The number of anilines is 1. The SMILES string of the molecule is COc1cc(C)cc(OC)c1CN(C(=O)C(c1ccccc1)C1CCNCC1)c1ccc2c(c1)CCC2. The van der Waals surface area contributed by atoms with E-state index in [9.17, 15) is 4.79 Å². The molecule has 1 atom stereocenters. The van der Waals surface area contributed by atoms with Gasteiger partial charge < -0.3 is 19.7 Å². The van der Waals surface area contributed by atoms with Gasteiger partial charge in [0.1, 0.15) is 11.5 Å². The van der Waals surface area contributed by atoms with Crippen molar-refractivity contribution in [1.82, 2.24) is 5.32 Å². The van der Waals surface area contributed by atoms with Crippen molar-refractivity contribution in [3.63, 3.8) is 0 Å². The fourth-order valence-corrected chi connectivity index (χ4v) is 6.07. The van der Waals surface area contributed by atoms with Gasteiger partial charge in [-0.25, -0.2) is 0 Å². The van der Waals surface area contributed by atoms with Crippen LogP contribution in [0.5, 0.6) is 11.5 Å². The summed E-state index contributed by atoms with van der Waals surface area (Å²) in [4.78, 5) is 16.7. The molecule has 5 nitrogen and oxygen atoms in total. The van der Waals surface area contributed by atoms with Crippen molar-refractivity contribution in [1.29, 1.82) is 0 Å². The fraction of sp³-hybridized carbons (Fsp3) is 0.406. The highest BCUT2D eigenvalue weighted by Crippen LogP contribution is 2.38. The monoisotopic (exact) mass is 498 g/mol. The number of carbonyl (C=O) groups excluding carboxylic acids is 1. The molecule has 1 N–H and O–H groups in total. The standard InChI is InChI=1S/C32H38N2O3/c1-22-18-29(36-2)28(30(19-22)37-3)21-34(27-13-12-23-10-7-11-26(23)20-27)32(35)31(24-8-5-4-6-9-24)25-14-16-33-17-15-25/h4-6,8-9,12-13,18-20,25,31,33H,7,10-11,14-17,21H2,1-3H3. The molecular formula is C32H38N2O3. The molecule has 1 fully saturated rings. The van der Waals surface area contributed by atoms with Crippen molar-refractivity contribution >= 4 is 11.6 Å². The number of methoxy groups -OCH3 is 2. The molecule has 0 radical (unpaired) electrons. The van der Waals surface area contributed by atoms with Gasteiger partial charge in [-0.15, -0.1) is 0 Å². The van der Waals surface area contributed by atoms with Gasteiger partial charge in [-0.3, -0.25) is 4.79 Å². The zero-order valence-electron chi connectivity index (χ0n) is 22.3. The van der Waals surface area contributed by atoms with Crippen LogP contribution in [0.25, 0.3) is 0 Å². The minimum absolute atomic E-state index is 0.140. The fourth-order valence-electron chi connectivity index (χ4n) is 6.07. The van der Waals surface area contributed by atoms with Gasteiger partial charge in [0.2, 0.25) is 5.91 Å². The zero-order valence-corrected chi connectivity index (χ0v) is 22.3. The van der Waals surface area contributed by atoms with E-state index in [2.05, 4.69) is 35.6 Å². The quantitative estimate of drug-likeness (QED) is 0.425. The molecule has 1 unspecified atom stereocenters. The molecule has 1 aliphatic carbocycles. The van der Waals surface area contributed by atoms with E-state index in [0.717, 1.165) is 72.6 Å². The highest BCUT2D eigenvalue weighted by molar-refractivity contribution is 5.98. The second-order valence-corrected chi connectivity index (χ2v) is 10.4. The van der Waals surface area contributed by atoms with Crippen LogP contribution >= 0.6 is 0 Å². The van der Waals surface area contributed by atoms with Crippen molar-refractivity contribution < 1.29 is 14.3 Å². The molecule has 5 heteroatoms. The maximum atomic E-state index is 14.7. The number of nitrogens with zero attached hydrogens (tertiary/aromatic N) is 1. The first kappa shape index (κ1) is 25.3.